The van der Waals surface area contributed by atoms with E-state index in [9.17, 15) is 9.59 Å². The summed E-state index contributed by atoms with van der Waals surface area (Å²) in [5.41, 5.74) is 10.8. The largest absolute Gasteiger partial charge is 0.384 e. The third-order valence-corrected chi connectivity index (χ3v) is 8.05. The molecule has 9 nitrogen and oxygen atoms in total. The van der Waals surface area contributed by atoms with Crippen LogP contribution in [0.15, 0.2) is 78.0 Å². The Balaban J connectivity index is 1.18. The molecule has 208 valence electrons. The number of imidazole rings is 1. The van der Waals surface area contributed by atoms with Crippen molar-refractivity contribution < 1.29 is 4.79 Å². The average molecular weight is 568 g/mol. The molecule has 1 aliphatic carbocycles. The molecule has 0 saturated heterocycles. The van der Waals surface area contributed by atoms with Crippen molar-refractivity contribution in [1.29, 1.82) is 0 Å². The number of nitrogens with zero attached hydrogens (tertiary/aromatic N) is 5. The van der Waals surface area contributed by atoms with E-state index in [0.717, 1.165) is 48.0 Å². The minimum atomic E-state index is -0.146. The molecule has 0 bridgehead atoms. The van der Waals surface area contributed by atoms with E-state index in [0.29, 0.717) is 40.2 Å². The number of para-hydroxylation sites is 2. The molecule has 0 atom stereocenters. The summed E-state index contributed by atoms with van der Waals surface area (Å²) in [5.74, 6) is 0.633. The van der Waals surface area contributed by atoms with E-state index in [-0.39, 0.29) is 17.6 Å². The lowest BCUT2D eigenvalue weighted by Crippen LogP contribution is -2.39. The fraction of sp³-hybridized carbons (Fsp3) is 0.258. The zero-order valence-electron chi connectivity index (χ0n) is 22.6. The van der Waals surface area contributed by atoms with Crippen molar-refractivity contribution in [3.8, 4) is 16.9 Å². The Labute approximate surface area is 242 Å². The highest BCUT2D eigenvalue weighted by Gasteiger charge is 2.25. The third kappa shape index (κ3) is 5.45. The first-order chi connectivity index (χ1) is 19.9. The molecule has 1 saturated carbocycles. The molecule has 3 N–H and O–H groups in total. The molecule has 41 heavy (non-hydrogen) atoms. The highest BCUT2D eigenvalue weighted by Crippen LogP contribution is 2.28. The number of amides is 1. The van der Waals surface area contributed by atoms with Crippen LogP contribution in [0.1, 0.15) is 41.7 Å². The molecule has 0 spiro atoms. The lowest BCUT2D eigenvalue weighted by atomic mass is 9.85. The molecule has 10 heteroatoms. The van der Waals surface area contributed by atoms with Gasteiger partial charge in [0.15, 0.2) is 0 Å². The summed E-state index contributed by atoms with van der Waals surface area (Å²) in [7, 11) is 0. The lowest BCUT2D eigenvalue weighted by Gasteiger charge is -2.29. The molecule has 1 fully saturated rings. The van der Waals surface area contributed by atoms with Crippen LogP contribution in [-0.4, -0.2) is 36.0 Å². The number of rotatable bonds is 6. The van der Waals surface area contributed by atoms with Gasteiger partial charge in [0.2, 0.25) is 0 Å². The number of anilines is 1. The normalized spacial score (nSPS) is 17.0. The Morgan fingerprint density at radius 2 is 1.76 bits per heavy atom. The summed E-state index contributed by atoms with van der Waals surface area (Å²) < 4.78 is 3.60. The lowest BCUT2D eigenvalue weighted by molar-refractivity contribution is 0.0919. The predicted octanol–water partition coefficient (Wildman–Crippen LogP) is 5.18. The summed E-state index contributed by atoms with van der Waals surface area (Å²) in [6.45, 7) is 2.42. The number of nitrogens with one attached hydrogen (secondary N) is 1. The Kier molecular flexibility index (Phi) is 7.28. The Morgan fingerprint density at radius 3 is 2.46 bits per heavy atom. The predicted molar refractivity (Wildman–Crippen MR) is 160 cm³/mol. The van der Waals surface area contributed by atoms with Gasteiger partial charge in [-0.2, -0.15) is 0 Å². The number of nitrogens with two attached hydrogens (primary N) is 1. The molecule has 1 aliphatic rings. The number of nitrogen functional groups attached to an aromatic ring is 1. The zero-order valence-corrected chi connectivity index (χ0v) is 23.4. The summed E-state index contributed by atoms with van der Waals surface area (Å²) in [5, 5.41) is 3.59. The number of carbonyl (C=O) groups is 1. The van der Waals surface area contributed by atoms with Crippen molar-refractivity contribution in [2.75, 3.05) is 5.73 Å². The number of hydrogen-bond acceptors (Lipinski definition) is 6. The topological polar surface area (TPSA) is 121 Å². The molecule has 5 aromatic rings. The fourth-order valence-electron chi connectivity index (χ4n) is 5.63. The van der Waals surface area contributed by atoms with Crippen LogP contribution < -0.4 is 16.7 Å². The molecular formula is C31H30ClN7O2. The van der Waals surface area contributed by atoms with Crippen LogP contribution in [0.3, 0.4) is 0 Å². The van der Waals surface area contributed by atoms with Crippen molar-refractivity contribution in [1.82, 2.24) is 29.4 Å². The Bertz CT molecular complexity index is 1770. The van der Waals surface area contributed by atoms with E-state index in [1.165, 1.54) is 0 Å². The van der Waals surface area contributed by atoms with Crippen LogP contribution >= 0.6 is 11.6 Å². The van der Waals surface area contributed by atoms with E-state index < -0.39 is 0 Å². The molecule has 4 heterocycles. The van der Waals surface area contributed by atoms with Gasteiger partial charge in [-0.15, -0.1) is 0 Å². The van der Waals surface area contributed by atoms with Gasteiger partial charge in [-0.25, -0.2) is 9.78 Å². The summed E-state index contributed by atoms with van der Waals surface area (Å²) in [6, 6.07) is 17.0. The third-order valence-electron chi connectivity index (χ3n) is 7.84. The second-order valence-electron chi connectivity index (χ2n) is 10.6. The highest BCUT2D eigenvalue weighted by molar-refractivity contribution is 6.30. The SMILES string of the molecule is Cc1ncc(Cl)cc1C(=O)N[C@H]1CC[C@H](Cn2c(=O)n(-c3ccc(-c4ccc(N)nc4)nc3)c3ccccc32)CC1. The average Bonchev–Trinajstić information content (AvgIpc) is 3.26. The second kappa shape index (κ2) is 11.2. The minimum Gasteiger partial charge on any atom is -0.384 e. The van der Waals surface area contributed by atoms with Crippen molar-refractivity contribution in [2.24, 2.45) is 5.92 Å². The van der Waals surface area contributed by atoms with E-state index in [2.05, 4.69) is 20.3 Å². The van der Waals surface area contributed by atoms with E-state index in [1.807, 2.05) is 47.0 Å². The first-order valence-corrected chi connectivity index (χ1v) is 14.1. The summed E-state index contributed by atoms with van der Waals surface area (Å²) >= 11 is 6.05. The smallest absolute Gasteiger partial charge is 0.333 e. The zero-order chi connectivity index (χ0) is 28.5. The van der Waals surface area contributed by atoms with Gasteiger partial charge in [-0.05, 0) is 81.0 Å². The first kappa shape index (κ1) is 26.7. The number of fused-ring (bicyclic) bond motifs is 1. The van der Waals surface area contributed by atoms with Crippen LogP contribution in [0.4, 0.5) is 5.82 Å². The Hall–Kier alpha value is -4.50. The number of aromatic nitrogens is 5. The molecule has 0 unspecified atom stereocenters. The van der Waals surface area contributed by atoms with Gasteiger partial charge in [-0.1, -0.05) is 23.7 Å². The molecule has 4 aromatic heterocycles. The maximum absolute atomic E-state index is 13.8. The molecule has 0 radical (unpaired) electrons. The van der Waals surface area contributed by atoms with Crippen LogP contribution in [0, 0.1) is 12.8 Å². The molecule has 1 amide bonds. The maximum atomic E-state index is 13.8. The van der Waals surface area contributed by atoms with Crippen LogP contribution in [-0.2, 0) is 6.54 Å². The van der Waals surface area contributed by atoms with Gasteiger partial charge in [0.1, 0.15) is 5.82 Å². The van der Waals surface area contributed by atoms with Crippen LogP contribution in [0.25, 0.3) is 28.0 Å². The number of hydrogen-bond donors (Lipinski definition) is 2. The second-order valence-corrected chi connectivity index (χ2v) is 11.0. The summed E-state index contributed by atoms with van der Waals surface area (Å²) in [4.78, 5) is 39.5. The molecule has 0 aliphatic heterocycles. The van der Waals surface area contributed by atoms with Crippen molar-refractivity contribution >= 4 is 34.4 Å². The van der Waals surface area contributed by atoms with Crippen molar-refractivity contribution in [3.05, 3.63) is 100.0 Å². The minimum absolute atomic E-state index is 0.0797. The summed E-state index contributed by atoms with van der Waals surface area (Å²) in [6.07, 6.45) is 8.47. The quantitative estimate of drug-likeness (QED) is 0.292. The van der Waals surface area contributed by atoms with E-state index in [4.69, 9.17) is 17.3 Å². The van der Waals surface area contributed by atoms with Gasteiger partial charge < -0.3 is 11.1 Å². The maximum Gasteiger partial charge on any atom is 0.333 e. The Morgan fingerprint density at radius 1 is 0.976 bits per heavy atom. The van der Waals surface area contributed by atoms with Gasteiger partial charge in [0, 0.05) is 30.5 Å². The van der Waals surface area contributed by atoms with Crippen LogP contribution in [0.5, 0.6) is 0 Å². The number of halogens is 1. The van der Waals surface area contributed by atoms with Gasteiger partial charge >= 0.3 is 5.69 Å². The molecule has 6 rings (SSSR count). The van der Waals surface area contributed by atoms with Crippen molar-refractivity contribution in [3.63, 3.8) is 0 Å². The van der Waals surface area contributed by atoms with E-state index >= 15 is 0 Å². The van der Waals surface area contributed by atoms with Crippen molar-refractivity contribution in [2.45, 2.75) is 45.2 Å². The molecular weight excluding hydrogens is 538 g/mol. The van der Waals surface area contributed by atoms with Gasteiger partial charge in [0.05, 0.1) is 44.9 Å². The van der Waals surface area contributed by atoms with Crippen LogP contribution in [0.2, 0.25) is 5.02 Å². The standard InChI is InChI=1S/C31H30ClN7O2/c1-19-25(14-22(32)16-34-19)30(40)37-23-9-6-20(7-10-23)18-38-27-4-2-3-5-28(27)39(31(38)41)24-11-12-26(35-17-24)21-8-13-29(33)36-15-21/h2-5,8,11-17,20,23H,6-7,9-10,18H2,1H3,(H2,33,36)(H,37,40)/t20-,23-. The number of benzene rings is 1. The van der Waals surface area contributed by atoms with Gasteiger partial charge in [0.25, 0.3) is 5.91 Å². The number of carbonyl (C=O) groups excluding carboxylic acids is 1. The molecule has 1 aromatic carbocycles. The highest BCUT2D eigenvalue weighted by atomic mass is 35.5. The fourth-order valence-corrected chi connectivity index (χ4v) is 5.79. The van der Waals surface area contributed by atoms with Gasteiger partial charge in [-0.3, -0.25) is 23.9 Å². The number of aryl methyl sites for hydroxylation is 1. The monoisotopic (exact) mass is 567 g/mol. The first-order valence-electron chi connectivity index (χ1n) is 13.7. The number of pyridine rings is 3. The van der Waals surface area contributed by atoms with E-state index in [1.54, 1.807) is 42.2 Å².